The zero-order valence-electron chi connectivity index (χ0n) is 10.6. The summed E-state index contributed by atoms with van der Waals surface area (Å²) in [5.41, 5.74) is 1.17. The van der Waals surface area contributed by atoms with Gasteiger partial charge in [-0.1, -0.05) is 17.7 Å². The number of aryl methyl sites for hydroxylation is 1. The van der Waals surface area contributed by atoms with Gasteiger partial charge >= 0.3 is 0 Å². The van der Waals surface area contributed by atoms with Crippen molar-refractivity contribution in [1.29, 1.82) is 0 Å². The lowest BCUT2D eigenvalue weighted by atomic mass is 10.2. The van der Waals surface area contributed by atoms with Gasteiger partial charge in [0, 0.05) is 11.6 Å². The van der Waals surface area contributed by atoms with Crippen LogP contribution < -0.4 is 0 Å². The van der Waals surface area contributed by atoms with Crippen LogP contribution >= 0.6 is 0 Å². The Morgan fingerprint density at radius 1 is 0.947 bits per heavy atom. The second-order valence-corrected chi connectivity index (χ2v) is 6.32. The molecule has 2 N–H and O–H groups in total. The molecule has 19 heavy (non-hydrogen) atoms. The average Bonchev–Trinajstić information content (AvgIpc) is 2.34. The van der Waals surface area contributed by atoms with Crippen molar-refractivity contribution in [3.63, 3.8) is 0 Å². The van der Waals surface area contributed by atoms with E-state index in [9.17, 15) is 18.6 Å². The average molecular weight is 278 g/mol. The van der Waals surface area contributed by atoms with Gasteiger partial charge in [-0.2, -0.15) is 0 Å². The molecule has 0 spiro atoms. The quantitative estimate of drug-likeness (QED) is 0.885. The maximum Gasteiger partial charge on any atom is 0.207 e. The zero-order valence-corrected chi connectivity index (χ0v) is 11.4. The molecule has 0 aliphatic rings. The summed E-state index contributed by atoms with van der Waals surface area (Å²) in [5.74, 6) is -0.528. The molecule has 0 radical (unpaired) electrons. The molecule has 0 amide bonds. The van der Waals surface area contributed by atoms with Crippen LogP contribution in [0.2, 0.25) is 0 Å². The highest BCUT2D eigenvalue weighted by atomic mass is 32.2. The first-order chi connectivity index (χ1) is 8.82. The highest BCUT2D eigenvalue weighted by Crippen LogP contribution is 2.32. The first-order valence-electron chi connectivity index (χ1n) is 5.66. The van der Waals surface area contributed by atoms with Gasteiger partial charge in [-0.05, 0) is 32.0 Å². The number of hydrogen-bond donors (Lipinski definition) is 2. The van der Waals surface area contributed by atoms with Crippen LogP contribution in [0.5, 0.6) is 11.5 Å². The molecular weight excluding hydrogens is 264 g/mol. The normalized spacial score (nSPS) is 11.5. The molecule has 0 saturated carbocycles. The fraction of sp³-hybridized carbons (Fsp3) is 0.143. The molecule has 0 heterocycles. The van der Waals surface area contributed by atoms with Crippen LogP contribution in [0.4, 0.5) is 0 Å². The smallest absolute Gasteiger partial charge is 0.207 e. The van der Waals surface area contributed by atoms with Gasteiger partial charge in [0.1, 0.15) is 11.5 Å². The Hall–Kier alpha value is -2.01. The highest BCUT2D eigenvalue weighted by Gasteiger charge is 2.22. The molecule has 2 aromatic rings. The number of sulfone groups is 1. The van der Waals surface area contributed by atoms with Gasteiger partial charge < -0.3 is 10.2 Å². The molecule has 0 aliphatic heterocycles. The SMILES string of the molecule is Cc1ccc(S(=O)(=O)c2cc(O)cc(O)c2C)cc1. The maximum absolute atomic E-state index is 12.4. The van der Waals surface area contributed by atoms with E-state index < -0.39 is 9.84 Å². The van der Waals surface area contributed by atoms with Crippen LogP contribution in [0.15, 0.2) is 46.2 Å². The summed E-state index contributed by atoms with van der Waals surface area (Å²) >= 11 is 0. The molecule has 0 saturated heterocycles. The third-order valence-electron chi connectivity index (χ3n) is 2.94. The number of phenols is 2. The van der Waals surface area contributed by atoms with E-state index in [1.165, 1.54) is 19.1 Å². The van der Waals surface area contributed by atoms with Gasteiger partial charge in [0.2, 0.25) is 9.84 Å². The topological polar surface area (TPSA) is 74.6 Å². The predicted molar refractivity (Wildman–Crippen MR) is 71.1 cm³/mol. The van der Waals surface area contributed by atoms with Crippen LogP contribution in [0, 0.1) is 13.8 Å². The van der Waals surface area contributed by atoms with E-state index >= 15 is 0 Å². The third kappa shape index (κ3) is 2.42. The summed E-state index contributed by atoms with van der Waals surface area (Å²) in [7, 11) is -3.75. The van der Waals surface area contributed by atoms with Gasteiger partial charge in [-0.15, -0.1) is 0 Å². The summed E-state index contributed by atoms with van der Waals surface area (Å²) < 4.78 is 24.9. The molecule has 100 valence electrons. The van der Waals surface area contributed by atoms with E-state index in [4.69, 9.17) is 0 Å². The minimum atomic E-state index is -3.75. The lowest BCUT2D eigenvalue weighted by Crippen LogP contribution is -2.04. The van der Waals surface area contributed by atoms with Crippen molar-refractivity contribution in [3.8, 4) is 11.5 Å². The molecule has 0 atom stereocenters. The summed E-state index contributed by atoms with van der Waals surface area (Å²) in [5, 5.41) is 19.1. The van der Waals surface area contributed by atoms with E-state index in [2.05, 4.69) is 0 Å². The molecule has 0 fully saturated rings. The van der Waals surface area contributed by atoms with E-state index in [0.717, 1.165) is 17.7 Å². The van der Waals surface area contributed by atoms with E-state index in [-0.39, 0.29) is 26.9 Å². The van der Waals surface area contributed by atoms with Crippen molar-refractivity contribution in [1.82, 2.24) is 0 Å². The Labute approximate surface area is 111 Å². The number of benzene rings is 2. The van der Waals surface area contributed by atoms with E-state index in [1.54, 1.807) is 12.1 Å². The van der Waals surface area contributed by atoms with Gasteiger partial charge in [-0.25, -0.2) is 8.42 Å². The molecule has 4 nitrogen and oxygen atoms in total. The van der Waals surface area contributed by atoms with Gasteiger partial charge in [0.25, 0.3) is 0 Å². The van der Waals surface area contributed by atoms with Crippen LogP contribution in [-0.4, -0.2) is 18.6 Å². The lowest BCUT2D eigenvalue weighted by Gasteiger charge is -2.10. The van der Waals surface area contributed by atoms with Gasteiger partial charge in [-0.3, -0.25) is 0 Å². The second-order valence-electron chi connectivity index (χ2n) is 4.40. The first-order valence-corrected chi connectivity index (χ1v) is 7.15. The second kappa shape index (κ2) is 4.59. The summed E-state index contributed by atoms with van der Waals surface area (Å²) in [4.78, 5) is 0.0417. The Morgan fingerprint density at radius 2 is 1.53 bits per heavy atom. The summed E-state index contributed by atoms with van der Waals surface area (Å²) in [6, 6.07) is 8.67. The zero-order chi connectivity index (χ0) is 14.2. The summed E-state index contributed by atoms with van der Waals surface area (Å²) in [6.07, 6.45) is 0. The van der Waals surface area contributed by atoms with E-state index in [1.807, 2.05) is 6.92 Å². The molecule has 0 unspecified atom stereocenters. The molecule has 0 aliphatic carbocycles. The van der Waals surface area contributed by atoms with Crippen LogP contribution in [0.25, 0.3) is 0 Å². The highest BCUT2D eigenvalue weighted by molar-refractivity contribution is 7.91. The Bertz CT molecular complexity index is 716. The standard InChI is InChI=1S/C14H14O4S/c1-9-3-5-12(6-4-9)19(17,18)14-8-11(15)7-13(16)10(14)2/h3-8,15-16H,1-2H3. The number of hydrogen-bond acceptors (Lipinski definition) is 4. The maximum atomic E-state index is 12.4. The van der Waals surface area contributed by atoms with Crippen molar-refractivity contribution in [3.05, 3.63) is 47.5 Å². The van der Waals surface area contributed by atoms with E-state index in [0.29, 0.717) is 0 Å². The molecule has 0 aromatic heterocycles. The van der Waals surface area contributed by atoms with Crippen LogP contribution in [-0.2, 0) is 9.84 Å². The number of rotatable bonds is 2. The van der Waals surface area contributed by atoms with Crippen molar-refractivity contribution < 1.29 is 18.6 Å². The molecule has 5 heteroatoms. The molecule has 2 rings (SSSR count). The van der Waals surface area contributed by atoms with Gasteiger partial charge in [0.15, 0.2) is 0 Å². The molecular formula is C14H14O4S. The minimum Gasteiger partial charge on any atom is -0.508 e. The Balaban J connectivity index is 2.66. The number of aromatic hydroxyl groups is 2. The van der Waals surface area contributed by atoms with Crippen molar-refractivity contribution in [2.24, 2.45) is 0 Å². The Morgan fingerprint density at radius 3 is 2.11 bits per heavy atom. The van der Waals surface area contributed by atoms with Gasteiger partial charge in [0.05, 0.1) is 9.79 Å². The fourth-order valence-electron chi connectivity index (χ4n) is 1.78. The van der Waals surface area contributed by atoms with Crippen molar-refractivity contribution >= 4 is 9.84 Å². The predicted octanol–water partition coefficient (Wildman–Crippen LogP) is 2.55. The first kappa shape index (κ1) is 13.4. The third-order valence-corrected chi connectivity index (χ3v) is 4.83. The summed E-state index contributed by atoms with van der Waals surface area (Å²) in [6.45, 7) is 3.36. The van der Waals surface area contributed by atoms with Crippen molar-refractivity contribution in [2.75, 3.05) is 0 Å². The lowest BCUT2D eigenvalue weighted by molar-refractivity contribution is 0.443. The van der Waals surface area contributed by atoms with Crippen LogP contribution in [0.1, 0.15) is 11.1 Å². The Kier molecular flexibility index (Phi) is 3.24. The molecule has 2 aromatic carbocycles. The minimum absolute atomic E-state index is 0.0890. The van der Waals surface area contributed by atoms with Crippen molar-refractivity contribution in [2.45, 2.75) is 23.6 Å². The number of phenolic OH excluding ortho intramolecular Hbond substituents is 2. The molecule has 0 bridgehead atoms. The monoisotopic (exact) mass is 278 g/mol. The fourth-order valence-corrected chi connectivity index (χ4v) is 3.31. The largest absolute Gasteiger partial charge is 0.508 e. The van der Waals surface area contributed by atoms with Crippen LogP contribution in [0.3, 0.4) is 0 Å².